The fourth-order valence-electron chi connectivity index (χ4n) is 7.11. The second-order valence-electron chi connectivity index (χ2n) is 12.5. The molecule has 0 aromatic heterocycles. The maximum absolute atomic E-state index is 15.5. The fraction of sp³-hybridized carbons (Fsp3) is 0.441. The number of halogens is 2. The van der Waals surface area contributed by atoms with Crippen molar-refractivity contribution in [1.82, 2.24) is 10.6 Å². The third-order valence-electron chi connectivity index (χ3n) is 9.16. The Bertz CT molecular complexity index is 1600. The highest BCUT2D eigenvalue weighted by Gasteiger charge is 2.49. The molecule has 2 aliphatic rings. The maximum Gasteiger partial charge on any atom is 0.242 e. The van der Waals surface area contributed by atoms with Crippen molar-refractivity contribution in [2.45, 2.75) is 85.9 Å². The maximum atomic E-state index is 15.5. The first-order chi connectivity index (χ1) is 21.4. The molecule has 2 fully saturated rings. The summed E-state index contributed by atoms with van der Waals surface area (Å²) < 4.78 is 49.6. The molecular weight excluding hydrogens is 615 g/mol. The molecule has 3 aromatic rings. The number of rotatable bonds is 9. The van der Waals surface area contributed by atoms with Gasteiger partial charge in [-0.15, -0.1) is 0 Å². The molecule has 1 amide bonds. The van der Waals surface area contributed by atoms with Gasteiger partial charge in [0, 0.05) is 40.8 Å². The highest BCUT2D eigenvalue weighted by molar-refractivity contribution is 7.92. The molecule has 2 aliphatic heterocycles. The topological polar surface area (TPSA) is 123 Å². The Balaban J connectivity index is 1.44. The molecule has 0 spiro atoms. The zero-order valence-corrected chi connectivity index (χ0v) is 27.4. The molecule has 1 unspecified atom stereocenters. The normalized spacial score (nSPS) is 27.9. The van der Waals surface area contributed by atoms with E-state index in [1.54, 1.807) is 48.5 Å². The number of benzene rings is 3. The number of ether oxygens (including phenoxy) is 1. The summed E-state index contributed by atoms with van der Waals surface area (Å²) in [6.45, 7) is 6.58. The average Bonchev–Trinajstić information content (AvgIpc) is 3.00. The number of amides is 1. The lowest BCUT2D eigenvalue weighted by atomic mass is 9.66. The Morgan fingerprint density at radius 3 is 2.36 bits per heavy atom. The predicted octanol–water partition coefficient (Wildman–Crippen LogP) is 4.95. The molecular formula is C34H42ClFN4O4S. The quantitative estimate of drug-likeness (QED) is 0.257. The van der Waals surface area contributed by atoms with E-state index in [0.717, 1.165) is 5.56 Å². The number of nitrogens with two attached hydrogens (primary N) is 1. The summed E-state index contributed by atoms with van der Waals surface area (Å²) in [7, 11) is -3.88. The highest BCUT2D eigenvalue weighted by Crippen LogP contribution is 2.43. The van der Waals surface area contributed by atoms with Crippen LogP contribution in [0.15, 0.2) is 77.7 Å². The van der Waals surface area contributed by atoms with E-state index in [-0.39, 0.29) is 53.8 Å². The summed E-state index contributed by atoms with van der Waals surface area (Å²) in [6.07, 6.45) is 0.860. The summed E-state index contributed by atoms with van der Waals surface area (Å²) in [6, 6.07) is 19.0. The van der Waals surface area contributed by atoms with E-state index >= 15 is 4.39 Å². The molecule has 0 aliphatic carbocycles. The average molecular weight is 657 g/mol. The zero-order chi connectivity index (χ0) is 32.4. The van der Waals surface area contributed by atoms with Crippen LogP contribution in [0, 0.1) is 5.82 Å². The van der Waals surface area contributed by atoms with Crippen molar-refractivity contribution in [3.05, 3.63) is 94.8 Å². The van der Waals surface area contributed by atoms with Crippen molar-refractivity contribution in [2.24, 2.45) is 5.73 Å². The van der Waals surface area contributed by atoms with Gasteiger partial charge in [0.05, 0.1) is 23.1 Å². The molecule has 242 valence electrons. The number of carbonyl (C=O) groups excluding carboxylic acids is 1. The second kappa shape index (κ2) is 13.5. The van der Waals surface area contributed by atoms with Gasteiger partial charge in [-0.3, -0.25) is 10.1 Å². The zero-order valence-electron chi connectivity index (χ0n) is 25.9. The third kappa shape index (κ3) is 6.82. The Morgan fingerprint density at radius 2 is 1.71 bits per heavy atom. The van der Waals surface area contributed by atoms with Gasteiger partial charge in [0.2, 0.25) is 5.91 Å². The van der Waals surface area contributed by atoms with Crippen LogP contribution in [0.25, 0.3) is 0 Å². The Morgan fingerprint density at radius 1 is 1.04 bits per heavy atom. The number of nitrogens with one attached hydrogen (secondary N) is 3. The predicted molar refractivity (Wildman–Crippen MR) is 176 cm³/mol. The van der Waals surface area contributed by atoms with Gasteiger partial charge in [-0.05, 0) is 88.4 Å². The number of anilines is 1. The molecule has 3 aromatic carbocycles. The molecule has 5 N–H and O–H groups in total. The Labute approximate surface area is 270 Å². The van der Waals surface area contributed by atoms with Crippen LogP contribution in [0.2, 0.25) is 5.02 Å². The van der Waals surface area contributed by atoms with Gasteiger partial charge in [-0.2, -0.15) is 0 Å². The van der Waals surface area contributed by atoms with Gasteiger partial charge in [0.15, 0.2) is 9.84 Å². The summed E-state index contributed by atoms with van der Waals surface area (Å²) in [5.74, 6) is -0.998. The van der Waals surface area contributed by atoms with Crippen LogP contribution in [0.3, 0.4) is 0 Å². The summed E-state index contributed by atoms with van der Waals surface area (Å²) in [5.41, 5.74) is 7.43. The first-order valence-corrected chi connectivity index (χ1v) is 17.3. The van der Waals surface area contributed by atoms with Crippen LogP contribution in [0.4, 0.5) is 10.1 Å². The minimum absolute atomic E-state index is 0.0508. The Kier molecular flexibility index (Phi) is 10.0. The molecule has 5 rings (SSSR count). The molecule has 6 atom stereocenters. The van der Waals surface area contributed by atoms with E-state index in [9.17, 15) is 13.2 Å². The van der Waals surface area contributed by atoms with Gasteiger partial charge in [-0.25, -0.2) is 12.8 Å². The van der Waals surface area contributed by atoms with Crippen LogP contribution >= 0.6 is 11.6 Å². The number of piperazine rings is 1. The SMILES string of the molecule is C[C@@H]1CC(c2ccc(Cl)cc2)([C@H](N)C(=O)Nc2cccc(F)c2CC[C@]2(S(=O)(=O)c3ccccc3)CNC[C@H](C)N2)C[C@H](C)O1. The van der Waals surface area contributed by atoms with Gasteiger partial charge < -0.3 is 21.1 Å². The largest absolute Gasteiger partial charge is 0.375 e. The molecule has 2 saturated heterocycles. The third-order valence-corrected chi connectivity index (χ3v) is 11.8. The van der Waals surface area contributed by atoms with Gasteiger partial charge in [-0.1, -0.05) is 48.0 Å². The molecule has 0 bridgehead atoms. The first-order valence-electron chi connectivity index (χ1n) is 15.4. The number of hydrogen-bond acceptors (Lipinski definition) is 7. The molecule has 11 heteroatoms. The summed E-state index contributed by atoms with van der Waals surface area (Å²) >= 11 is 6.18. The highest BCUT2D eigenvalue weighted by atomic mass is 35.5. The smallest absolute Gasteiger partial charge is 0.242 e. The molecule has 0 saturated carbocycles. The number of sulfone groups is 1. The van der Waals surface area contributed by atoms with Crippen molar-refractivity contribution in [2.75, 3.05) is 18.4 Å². The summed E-state index contributed by atoms with van der Waals surface area (Å²) in [5, 5.41) is 10.0. The van der Waals surface area contributed by atoms with Crippen LogP contribution in [-0.4, -0.2) is 56.6 Å². The number of carbonyl (C=O) groups is 1. The van der Waals surface area contributed by atoms with Crippen LogP contribution < -0.4 is 21.7 Å². The standard InChI is InChI=1S/C34H42ClFN4O4S/c1-22-20-38-21-34(40-22,45(42,43)27-8-5-4-6-9-27)17-16-28-29(36)10-7-11-30(28)39-32(41)31(37)33(18-23(2)44-24(3)19-33)25-12-14-26(35)15-13-25/h4-15,22-24,31,38,40H,16-21,37H2,1-3H3,(H,39,41)/t22-,23-,24+,31+,33?,34-/m0/s1. The van der Waals surface area contributed by atoms with Gasteiger partial charge in [0.1, 0.15) is 10.7 Å². The van der Waals surface area contributed by atoms with Crippen molar-refractivity contribution < 1.29 is 22.3 Å². The second-order valence-corrected chi connectivity index (χ2v) is 15.2. The van der Waals surface area contributed by atoms with Gasteiger partial charge in [0.25, 0.3) is 0 Å². The van der Waals surface area contributed by atoms with Crippen molar-refractivity contribution in [3.8, 4) is 0 Å². The van der Waals surface area contributed by atoms with Crippen molar-refractivity contribution in [3.63, 3.8) is 0 Å². The minimum Gasteiger partial charge on any atom is -0.375 e. The molecule has 8 nitrogen and oxygen atoms in total. The van der Waals surface area contributed by atoms with E-state index in [1.165, 1.54) is 12.1 Å². The van der Waals surface area contributed by atoms with Crippen LogP contribution in [-0.2, 0) is 31.2 Å². The van der Waals surface area contributed by atoms with Crippen molar-refractivity contribution in [1.29, 1.82) is 0 Å². The van der Waals surface area contributed by atoms with E-state index in [4.69, 9.17) is 22.1 Å². The van der Waals surface area contributed by atoms with E-state index in [0.29, 0.717) is 24.4 Å². The van der Waals surface area contributed by atoms with E-state index in [1.807, 2.05) is 32.9 Å². The van der Waals surface area contributed by atoms with Crippen molar-refractivity contribution >= 4 is 33.0 Å². The molecule has 45 heavy (non-hydrogen) atoms. The lowest BCUT2D eigenvalue weighted by Crippen LogP contribution is -2.66. The molecule has 2 heterocycles. The first kappa shape index (κ1) is 33.5. The minimum atomic E-state index is -3.88. The lowest BCUT2D eigenvalue weighted by molar-refractivity contribution is -0.122. The van der Waals surface area contributed by atoms with Crippen LogP contribution in [0.5, 0.6) is 0 Å². The van der Waals surface area contributed by atoms with Gasteiger partial charge >= 0.3 is 0 Å². The fourth-order valence-corrected chi connectivity index (χ4v) is 9.22. The summed E-state index contributed by atoms with van der Waals surface area (Å²) in [4.78, 5) is 12.7. The molecule has 0 radical (unpaired) electrons. The van der Waals surface area contributed by atoms with Crippen LogP contribution in [0.1, 0.15) is 51.2 Å². The lowest BCUT2D eigenvalue weighted by Gasteiger charge is -2.46. The number of hydrogen-bond donors (Lipinski definition) is 4. The Hall–Kier alpha value is -2.86. The van der Waals surface area contributed by atoms with E-state index < -0.39 is 37.9 Å². The monoisotopic (exact) mass is 656 g/mol. The van der Waals surface area contributed by atoms with E-state index in [2.05, 4.69) is 16.0 Å².